The minimum absolute atomic E-state index is 0.106. The lowest BCUT2D eigenvalue weighted by Gasteiger charge is -2.01. The summed E-state index contributed by atoms with van der Waals surface area (Å²) in [6.07, 6.45) is 3.69. The molecule has 6 heteroatoms. The van der Waals surface area contributed by atoms with E-state index in [-0.39, 0.29) is 5.91 Å². The van der Waals surface area contributed by atoms with Crippen LogP contribution in [0.3, 0.4) is 0 Å². The van der Waals surface area contributed by atoms with Crippen molar-refractivity contribution in [1.82, 2.24) is 9.97 Å². The lowest BCUT2D eigenvalue weighted by molar-refractivity contribution is -0.110. The van der Waals surface area contributed by atoms with E-state index in [1.165, 1.54) is 10.4 Å². The Morgan fingerprint density at radius 1 is 1.43 bits per heavy atom. The molecule has 0 unspecified atom stereocenters. The first-order valence-corrected chi connectivity index (χ1v) is 9.43. The molecule has 1 aliphatic heterocycles. The maximum absolute atomic E-state index is 12.3. The highest BCUT2D eigenvalue weighted by Gasteiger charge is 2.26. The fourth-order valence-electron chi connectivity index (χ4n) is 2.61. The van der Waals surface area contributed by atoms with Crippen LogP contribution in [-0.2, 0) is 4.79 Å². The number of amides is 1. The van der Waals surface area contributed by atoms with Crippen LogP contribution in [0.5, 0.6) is 0 Å². The molecular formula is C17H19N3OS2. The largest absolute Gasteiger partial charge is 0.306 e. The van der Waals surface area contributed by atoms with Gasteiger partial charge in [0.25, 0.3) is 5.91 Å². The van der Waals surface area contributed by atoms with Crippen LogP contribution in [0.2, 0.25) is 0 Å². The molecule has 0 aromatic carbocycles. The van der Waals surface area contributed by atoms with Crippen molar-refractivity contribution < 1.29 is 4.79 Å². The Kier molecular flexibility index (Phi) is 4.55. The van der Waals surface area contributed by atoms with E-state index in [0.29, 0.717) is 22.5 Å². The van der Waals surface area contributed by atoms with Crippen molar-refractivity contribution in [2.24, 2.45) is 0 Å². The number of nitrogens with one attached hydrogen (secondary N) is 1. The molecule has 0 atom stereocenters. The van der Waals surface area contributed by atoms with E-state index in [1.54, 1.807) is 29.3 Å². The normalized spacial score (nSPS) is 15.3. The fraction of sp³-hybridized carbons (Fsp3) is 0.353. The maximum atomic E-state index is 12.3. The van der Waals surface area contributed by atoms with Crippen LogP contribution in [0.1, 0.15) is 47.6 Å². The van der Waals surface area contributed by atoms with Crippen LogP contribution in [0.15, 0.2) is 17.4 Å². The summed E-state index contributed by atoms with van der Waals surface area (Å²) in [6, 6.07) is 2.14. The molecule has 0 bridgehead atoms. The third-order valence-corrected chi connectivity index (χ3v) is 5.82. The number of fused-ring (bicyclic) bond motifs is 1. The Labute approximate surface area is 144 Å². The van der Waals surface area contributed by atoms with E-state index in [9.17, 15) is 4.79 Å². The second-order valence-electron chi connectivity index (χ2n) is 5.71. The number of hydrogen-bond donors (Lipinski definition) is 1. The van der Waals surface area contributed by atoms with Crippen molar-refractivity contribution in [3.63, 3.8) is 0 Å². The number of rotatable bonds is 4. The molecule has 1 amide bonds. The van der Waals surface area contributed by atoms with Crippen LogP contribution in [0.25, 0.3) is 11.6 Å². The second-order valence-corrected chi connectivity index (χ2v) is 8.06. The quantitative estimate of drug-likeness (QED) is 0.501. The molecule has 1 N–H and O–H groups in total. The van der Waals surface area contributed by atoms with Gasteiger partial charge in [0.15, 0.2) is 5.16 Å². The number of carbonyl (C=O) groups excluding carboxylic acids is 1. The number of thiophene rings is 1. The predicted molar refractivity (Wildman–Crippen MR) is 98.1 cm³/mol. The summed E-state index contributed by atoms with van der Waals surface area (Å²) in [5.41, 5.74) is 2.71. The minimum atomic E-state index is -0.106. The molecule has 0 fully saturated rings. The van der Waals surface area contributed by atoms with E-state index in [0.717, 1.165) is 16.2 Å². The van der Waals surface area contributed by atoms with Gasteiger partial charge in [-0.2, -0.15) is 0 Å². The van der Waals surface area contributed by atoms with Gasteiger partial charge in [-0.25, -0.2) is 9.97 Å². The number of thioether (sulfide) groups is 1. The van der Waals surface area contributed by atoms with Gasteiger partial charge in [0.2, 0.25) is 0 Å². The SMILES string of the molecule is CCSc1ncc2c(n1)NC(=O)C2=Cc1cc(C)c(C(C)C)s1. The molecule has 0 spiro atoms. The predicted octanol–water partition coefficient (Wildman–Crippen LogP) is 4.57. The molecule has 4 nitrogen and oxygen atoms in total. The van der Waals surface area contributed by atoms with Gasteiger partial charge in [-0.1, -0.05) is 32.5 Å². The van der Waals surface area contributed by atoms with E-state index in [2.05, 4.69) is 49.0 Å². The average Bonchev–Trinajstić information content (AvgIpc) is 3.00. The number of nitrogens with zero attached hydrogens (tertiary/aromatic N) is 2. The molecule has 0 aliphatic carbocycles. The molecule has 0 saturated heterocycles. The summed E-state index contributed by atoms with van der Waals surface area (Å²) in [5, 5.41) is 3.54. The van der Waals surface area contributed by atoms with Gasteiger partial charge in [-0.05, 0) is 36.3 Å². The summed E-state index contributed by atoms with van der Waals surface area (Å²) >= 11 is 3.31. The van der Waals surface area contributed by atoms with Crippen LogP contribution in [-0.4, -0.2) is 21.6 Å². The summed E-state index contributed by atoms with van der Waals surface area (Å²) in [5.74, 6) is 1.91. The van der Waals surface area contributed by atoms with E-state index < -0.39 is 0 Å². The van der Waals surface area contributed by atoms with Crippen LogP contribution < -0.4 is 5.32 Å². The fourth-order valence-corrected chi connectivity index (χ4v) is 4.27. The second kappa shape index (κ2) is 6.45. The van der Waals surface area contributed by atoms with E-state index in [4.69, 9.17) is 0 Å². The summed E-state index contributed by atoms with van der Waals surface area (Å²) < 4.78 is 0. The lowest BCUT2D eigenvalue weighted by Crippen LogP contribution is -2.04. The lowest BCUT2D eigenvalue weighted by atomic mass is 10.1. The zero-order valence-corrected chi connectivity index (χ0v) is 15.3. The molecule has 0 radical (unpaired) electrons. The third kappa shape index (κ3) is 3.19. The smallest absolute Gasteiger partial charge is 0.257 e. The molecule has 3 heterocycles. The highest BCUT2D eigenvalue weighted by Crippen LogP contribution is 2.35. The number of anilines is 1. The standard InChI is InChI=1S/C17H19N3OS2/c1-5-22-17-18-8-13-12(16(21)19-15(13)20-17)7-11-6-10(4)14(23-11)9(2)3/h6-9H,5H2,1-4H3,(H,18,19,20,21). The zero-order valence-electron chi connectivity index (χ0n) is 13.6. The molecule has 120 valence electrons. The first kappa shape index (κ1) is 16.2. The van der Waals surface area contributed by atoms with Crippen molar-refractivity contribution in [2.45, 2.75) is 38.8 Å². The van der Waals surface area contributed by atoms with Gasteiger partial charge in [0.1, 0.15) is 5.82 Å². The third-order valence-electron chi connectivity index (χ3n) is 3.59. The summed E-state index contributed by atoms with van der Waals surface area (Å²) in [7, 11) is 0. The van der Waals surface area contributed by atoms with Gasteiger partial charge >= 0.3 is 0 Å². The highest BCUT2D eigenvalue weighted by atomic mass is 32.2. The molecule has 3 rings (SSSR count). The molecule has 23 heavy (non-hydrogen) atoms. The number of hydrogen-bond acceptors (Lipinski definition) is 5. The van der Waals surface area contributed by atoms with Gasteiger partial charge in [-0.15, -0.1) is 11.3 Å². The van der Waals surface area contributed by atoms with Crippen molar-refractivity contribution in [3.05, 3.63) is 33.1 Å². The molecular weight excluding hydrogens is 326 g/mol. The van der Waals surface area contributed by atoms with E-state index in [1.807, 2.05) is 6.08 Å². The van der Waals surface area contributed by atoms with Crippen molar-refractivity contribution in [3.8, 4) is 0 Å². The Morgan fingerprint density at radius 3 is 2.87 bits per heavy atom. The highest BCUT2D eigenvalue weighted by molar-refractivity contribution is 7.99. The first-order valence-electron chi connectivity index (χ1n) is 7.63. The van der Waals surface area contributed by atoms with Gasteiger partial charge in [0, 0.05) is 21.5 Å². The topological polar surface area (TPSA) is 54.9 Å². The van der Waals surface area contributed by atoms with Crippen molar-refractivity contribution >= 4 is 46.5 Å². The summed E-state index contributed by atoms with van der Waals surface area (Å²) in [4.78, 5) is 23.5. The number of carbonyl (C=O) groups is 1. The van der Waals surface area contributed by atoms with Crippen molar-refractivity contribution in [2.75, 3.05) is 11.1 Å². The van der Waals surface area contributed by atoms with E-state index >= 15 is 0 Å². The Morgan fingerprint density at radius 2 is 2.22 bits per heavy atom. The average molecular weight is 345 g/mol. The maximum Gasteiger partial charge on any atom is 0.257 e. The number of aryl methyl sites for hydroxylation is 1. The minimum Gasteiger partial charge on any atom is -0.306 e. The Balaban J connectivity index is 1.98. The Hall–Kier alpha value is -1.66. The van der Waals surface area contributed by atoms with Crippen LogP contribution in [0.4, 0.5) is 5.82 Å². The first-order chi connectivity index (χ1) is 11.0. The zero-order chi connectivity index (χ0) is 16.6. The molecule has 0 saturated carbocycles. The molecule has 2 aromatic rings. The van der Waals surface area contributed by atoms with Crippen molar-refractivity contribution in [1.29, 1.82) is 0 Å². The summed E-state index contributed by atoms with van der Waals surface area (Å²) in [6.45, 7) is 8.55. The number of aromatic nitrogens is 2. The monoisotopic (exact) mass is 345 g/mol. The molecule has 2 aromatic heterocycles. The van der Waals surface area contributed by atoms with Gasteiger partial charge in [-0.3, -0.25) is 4.79 Å². The van der Waals surface area contributed by atoms with Gasteiger partial charge < -0.3 is 5.32 Å². The van der Waals surface area contributed by atoms with Crippen LogP contribution >= 0.6 is 23.1 Å². The molecule has 1 aliphatic rings. The Bertz CT molecular complexity index is 793. The van der Waals surface area contributed by atoms with Gasteiger partial charge in [0.05, 0.1) is 5.57 Å². The van der Waals surface area contributed by atoms with Crippen LogP contribution in [0, 0.1) is 6.92 Å².